The number of fused-ring (bicyclic) bond motifs is 1. The summed E-state index contributed by atoms with van der Waals surface area (Å²) < 4.78 is 0. The van der Waals surface area contributed by atoms with Crippen LogP contribution < -0.4 is 5.32 Å². The van der Waals surface area contributed by atoms with Gasteiger partial charge in [0.2, 0.25) is 0 Å². The zero-order chi connectivity index (χ0) is 13.1. The highest BCUT2D eigenvalue weighted by molar-refractivity contribution is 5.46. The zero-order valence-electron chi connectivity index (χ0n) is 12.2. The van der Waals surface area contributed by atoms with Gasteiger partial charge in [0.1, 0.15) is 0 Å². The molecule has 2 saturated carbocycles. The van der Waals surface area contributed by atoms with Gasteiger partial charge in [-0.15, -0.1) is 0 Å². The van der Waals surface area contributed by atoms with Crippen molar-refractivity contribution in [3.05, 3.63) is 29.8 Å². The van der Waals surface area contributed by atoms with E-state index in [1.807, 2.05) is 0 Å². The monoisotopic (exact) mass is 257 g/mol. The lowest BCUT2D eigenvalue weighted by molar-refractivity contribution is 0.162. The van der Waals surface area contributed by atoms with Crippen LogP contribution in [0.4, 0.5) is 5.69 Å². The molecular formula is C18H27N. The van der Waals surface area contributed by atoms with Crippen molar-refractivity contribution in [1.82, 2.24) is 0 Å². The highest BCUT2D eigenvalue weighted by Gasteiger charge is 2.31. The topological polar surface area (TPSA) is 12.0 Å². The van der Waals surface area contributed by atoms with E-state index in [-0.39, 0.29) is 0 Å². The maximum Gasteiger partial charge on any atom is 0.0345 e. The lowest BCUT2D eigenvalue weighted by Gasteiger charge is -2.39. The molecule has 3 rings (SSSR count). The average molecular weight is 257 g/mol. The summed E-state index contributed by atoms with van der Waals surface area (Å²) in [6.45, 7) is 2.23. The maximum absolute atomic E-state index is 3.79. The van der Waals surface area contributed by atoms with Crippen LogP contribution in [0.25, 0.3) is 0 Å². The number of benzene rings is 1. The third kappa shape index (κ3) is 3.13. The van der Waals surface area contributed by atoms with Crippen molar-refractivity contribution in [2.75, 3.05) is 5.32 Å². The first kappa shape index (κ1) is 13.0. The Bertz CT molecular complexity index is 412. The molecule has 1 aromatic rings. The minimum atomic E-state index is 0.714. The molecule has 2 aliphatic carbocycles. The second-order valence-corrected chi connectivity index (χ2v) is 6.51. The molecule has 0 aromatic heterocycles. The summed E-state index contributed by atoms with van der Waals surface area (Å²) in [5, 5.41) is 3.79. The van der Waals surface area contributed by atoms with E-state index < -0.39 is 0 Å². The summed E-state index contributed by atoms with van der Waals surface area (Å²) in [5.41, 5.74) is 2.77. The molecule has 3 unspecified atom stereocenters. The smallest absolute Gasteiger partial charge is 0.0345 e. The van der Waals surface area contributed by atoms with Crippen LogP contribution in [0.2, 0.25) is 0 Å². The molecule has 1 heteroatoms. The van der Waals surface area contributed by atoms with E-state index in [0.29, 0.717) is 6.04 Å². The minimum Gasteiger partial charge on any atom is -0.382 e. The Morgan fingerprint density at radius 1 is 1.05 bits per heavy atom. The average Bonchev–Trinajstić information content (AvgIpc) is 2.47. The highest BCUT2D eigenvalue weighted by atomic mass is 14.9. The zero-order valence-corrected chi connectivity index (χ0v) is 12.2. The van der Waals surface area contributed by atoms with E-state index >= 15 is 0 Å². The third-order valence-corrected chi connectivity index (χ3v) is 5.25. The van der Waals surface area contributed by atoms with Gasteiger partial charge in [-0.05, 0) is 55.2 Å². The number of nitrogens with one attached hydrogen (secondary N) is 1. The van der Waals surface area contributed by atoms with Crippen LogP contribution in [-0.4, -0.2) is 6.04 Å². The fourth-order valence-electron chi connectivity index (χ4n) is 4.12. The van der Waals surface area contributed by atoms with Crippen LogP contribution in [0.1, 0.15) is 57.4 Å². The van der Waals surface area contributed by atoms with Crippen molar-refractivity contribution in [2.24, 2.45) is 11.8 Å². The van der Waals surface area contributed by atoms with Gasteiger partial charge in [0.05, 0.1) is 0 Å². The van der Waals surface area contributed by atoms with Gasteiger partial charge in [-0.1, -0.05) is 44.7 Å². The lowest BCUT2D eigenvalue weighted by atomic mass is 9.69. The van der Waals surface area contributed by atoms with Crippen LogP contribution >= 0.6 is 0 Å². The van der Waals surface area contributed by atoms with Gasteiger partial charge < -0.3 is 5.32 Å². The van der Waals surface area contributed by atoms with Gasteiger partial charge in [0.15, 0.2) is 0 Å². The molecular weight excluding hydrogens is 230 g/mol. The molecule has 0 bridgehead atoms. The predicted octanol–water partition coefficient (Wildman–Crippen LogP) is 5.02. The van der Waals surface area contributed by atoms with Gasteiger partial charge in [-0.3, -0.25) is 0 Å². The predicted molar refractivity (Wildman–Crippen MR) is 82.5 cm³/mol. The van der Waals surface area contributed by atoms with Crippen molar-refractivity contribution in [2.45, 2.75) is 64.3 Å². The molecule has 1 nitrogen and oxygen atoms in total. The van der Waals surface area contributed by atoms with Crippen molar-refractivity contribution < 1.29 is 0 Å². The van der Waals surface area contributed by atoms with Crippen molar-refractivity contribution in [3.63, 3.8) is 0 Å². The fourth-order valence-corrected chi connectivity index (χ4v) is 4.12. The number of hydrogen-bond donors (Lipinski definition) is 1. The van der Waals surface area contributed by atoms with Crippen molar-refractivity contribution in [3.8, 4) is 0 Å². The summed E-state index contributed by atoms with van der Waals surface area (Å²) in [6.07, 6.45) is 11.3. The molecule has 1 N–H and O–H groups in total. The van der Waals surface area contributed by atoms with E-state index in [2.05, 4.69) is 36.5 Å². The normalized spacial score (nSPS) is 30.7. The fraction of sp³-hybridized carbons (Fsp3) is 0.667. The highest BCUT2D eigenvalue weighted by Crippen LogP contribution is 2.41. The Morgan fingerprint density at radius 3 is 2.74 bits per heavy atom. The van der Waals surface area contributed by atoms with Gasteiger partial charge in [-0.2, -0.15) is 0 Å². The first-order valence-corrected chi connectivity index (χ1v) is 8.20. The summed E-state index contributed by atoms with van der Waals surface area (Å²) in [6, 6.07) is 9.68. The van der Waals surface area contributed by atoms with Gasteiger partial charge in [0, 0.05) is 11.7 Å². The van der Waals surface area contributed by atoms with Gasteiger partial charge in [0.25, 0.3) is 0 Å². The lowest BCUT2D eigenvalue weighted by Crippen LogP contribution is -2.34. The Hall–Kier alpha value is -0.980. The molecule has 104 valence electrons. The number of rotatable bonds is 3. The standard InChI is InChI=1S/C18H27N/c1-2-14-6-5-9-17(12-14)19-18-11-10-15-7-3-4-8-16(15)13-18/h5-6,9,12,15-16,18-19H,2-4,7-8,10-11,13H2,1H3. The molecule has 0 saturated heterocycles. The molecule has 3 atom stereocenters. The maximum atomic E-state index is 3.79. The molecule has 0 radical (unpaired) electrons. The Kier molecular flexibility index (Phi) is 4.10. The summed E-state index contributed by atoms with van der Waals surface area (Å²) >= 11 is 0. The molecule has 0 spiro atoms. The molecule has 0 heterocycles. The first-order valence-electron chi connectivity index (χ1n) is 8.20. The molecule has 1 aromatic carbocycles. The summed E-state index contributed by atoms with van der Waals surface area (Å²) in [4.78, 5) is 0. The Morgan fingerprint density at radius 2 is 1.89 bits per heavy atom. The number of anilines is 1. The first-order chi connectivity index (χ1) is 9.35. The SMILES string of the molecule is CCc1cccc(NC2CCC3CCCCC3C2)c1. The molecule has 19 heavy (non-hydrogen) atoms. The second-order valence-electron chi connectivity index (χ2n) is 6.51. The van der Waals surface area contributed by atoms with Gasteiger partial charge >= 0.3 is 0 Å². The summed E-state index contributed by atoms with van der Waals surface area (Å²) in [5.74, 6) is 2.06. The van der Waals surface area contributed by atoms with Crippen molar-refractivity contribution in [1.29, 1.82) is 0 Å². The summed E-state index contributed by atoms with van der Waals surface area (Å²) in [7, 11) is 0. The number of hydrogen-bond acceptors (Lipinski definition) is 1. The van der Waals surface area contributed by atoms with Crippen molar-refractivity contribution >= 4 is 5.69 Å². The Balaban J connectivity index is 1.60. The largest absolute Gasteiger partial charge is 0.382 e. The van der Waals surface area contributed by atoms with Crippen LogP contribution in [0, 0.1) is 11.8 Å². The van der Waals surface area contributed by atoms with E-state index in [1.165, 1.54) is 56.2 Å². The quantitative estimate of drug-likeness (QED) is 0.801. The van der Waals surface area contributed by atoms with Crippen LogP contribution in [0.5, 0.6) is 0 Å². The van der Waals surface area contributed by atoms with E-state index in [4.69, 9.17) is 0 Å². The second kappa shape index (κ2) is 5.98. The number of aryl methyl sites for hydroxylation is 1. The minimum absolute atomic E-state index is 0.714. The van der Waals surface area contributed by atoms with E-state index in [1.54, 1.807) is 0 Å². The van der Waals surface area contributed by atoms with E-state index in [0.717, 1.165) is 18.3 Å². The van der Waals surface area contributed by atoms with Gasteiger partial charge in [-0.25, -0.2) is 0 Å². The van der Waals surface area contributed by atoms with E-state index in [9.17, 15) is 0 Å². The van der Waals surface area contributed by atoms with Crippen LogP contribution in [0.15, 0.2) is 24.3 Å². The van der Waals surface area contributed by atoms with Crippen LogP contribution in [0.3, 0.4) is 0 Å². The molecule has 2 aliphatic rings. The Labute approximate surface area is 117 Å². The van der Waals surface area contributed by atoms with Crippen LogP contribution in [-0.2, 0) is 6.42 Å². The molecule has 2 fully saturated rings. The third-order valence-electron chi connectivity index (χ3n) is 5.25. The molecule has 0 aliphatic heterocycles. The molecule has 0 amide bonds.